The molecule has 98 valence electrons. The van der Waals surface area contributed by atoms with Gasteiger partial charge in [0.15, 0.2) is 0 Å². The molecular formula is C13H10BrClN2O2. The van der Waals surface area contributed by atoms with Crippen LogP contribution >= 0.6 is 27.5 Å². The summed E-state index contributed by atoms with van der Waals surface area (Å²) in [4.78, 5) is 12.0. The molecule has 0 heterocycles. The topological polar surface area (TPSA) is 75.3 Å². The average Bonchev–Trinajstić information content (AvgIpc) is 2.36. The number of carbonyl (C=O) groups excluding carboxylic acids is 1. The largest absolute Gasteiger partial charge is 0.507 e. The number of carbonyl (C=O) groups is 1. The summed E-state index contributed by atoms with van der Waals surface area (Å²) in [6, 6.07) is 9.30. The van der Waals surface area contributed by atoms with E-state index in [9.17, 15) is 9.90 Å². The highest BCUT2D eigenvalue weighted by atomic mass is 79.9. The van der Waals surface area contributed by atoms with Gasteiger partial charge in [0.05, 0.1) is 5.56 Å². The number of anilines is 2. The standard InChI is InChI=1S/C13H10BrClN2O2/c14-10-3-2-8(6-11(10)16)17-13(19)9-5-7(15)1-4-12(9)18/h1-6,18H,16H2,(H,17,19). The van der Waals surface area contributed by atoms with E-state index in [1.54, 1.807) is 18.2 Å². The van der Waals surface area contributed by atoms with Crippen molar-refractivity contribution in [3.63, 3.8) is 0 Å². The Kier molecular flexibility index (Phi) is 3.97. The van der Waals surface area contributed by atoms with Gasteiger partial charge in [0.1, 0.15) is 5.75 Å². The smallest absolute Gasteiger partial charge is 0.259 e. The van der Waals surface area contributed by atoms with Crippen LogP contribution in [0.2, 0.25) is 5.02 Å². The highest BCUT2D eigenvalue weighted by molar-refractivity contribution is 9.10. The summed E-state index contributed by atoms with van der Waals surface area (Å²) < 4.78 is 0.746. The third kappa shape index (κ3) is 3.19. The van der Waals surface area contributed by atoms with Gasteiger partial charge in [-0.05, 0) is 52.3 Å². The lowest BCUT2D eigenvalue weighted by molar-refractivity contribution is 0.102. The SMILES string of the molecule is Nc1cc(NC(=O)c2cc(Cl)ccc2O)ccc1Br. The van der Waals surface area contributed by atoms with Crippen molar-refractivity contribution in [2.75, 3.05) is 11.1 Å². The van der Waals surface area contributed by atoms with Crippen molar-refractivity contribution in [2.24, 2.45) is 0 Å². The van der Waals surface area contributed by atoms with Gasteiger partial charge in [-0.25, -0.2) is 0 Å². The molecule has 0 fully saturated rings. The second-order valence-electron chi connectivity index (χ2n) is 3.85. The number of phenols is 1. The molecule has 0 aromatic heterocycles. The first-order chi connectivity index (χ1) is 8.97. The lowest BCUT2D eigenvalue weighted by Crippen LogP contribution is -2.12. The summed E-state index contributed by atoms with van der Waals surface area (Å²) in [7, 11) is 0. The number of aromatic hydroxyl groups is 1. The fourth-order valence-electron chi connectivity index (χ4n) is 1.51. The predicted octanol–water partition coefficient (Wildman–Crippen LogP) is 3.64. The van der Waals surface area contributed by atoms with Gasteiger partial charge in [-0.3, -0.25) is 4.79 Å². The Balaban J connectivity index is 2.25. The molecule has 19 heavy (non-hydrogen) atoms. The number of benzene rings is 2. The lowest BCUT2D eigenvalue weighted by Gasteiger charge is -2.08. The molecule has 2 rings (SSSR count). The third-order valence-electron chi connectivity index (χ3n) is 2.46. The summed E-state index contributed by atoms with van der Waals surface area (Å²) in [6.45, 7) is 0. The molecule has 0 aliphatic carbocycles. The first-order valence-corrected chi connectivity index (χ1v) is 6.49. The summed E-state index contributed by atoms with van der Waals surface area (Å²) in [5.74, 6) is -0.589. The molecule has 0 aliphatic heterocycles. The van der Waals surface area contributed by atoms with Crippen molar-refractivity contribution >= 4 is 44.8 Å². The number of amides is 1. The zero-order valence-electron chi connectivity index (χ0n) is 9.65. The van der Waals surface area contributed by atoms with Crippen molar-refractivity contribution in [1.29, 1.82) is 0 Å². The Bertz CT molecular complexity index is 647. The van der Waals surface area contributed by atoms with Crippen LogP contribution in [-0.2, 0) is 0 Å². The van der Waals surface area contributed by atoms with Crippen LogP contribution in [-0.4, -0.2) is 11.0 Å². The van der Waals surface area contributed by atoms with Gasteiger partial charge in [-0.2, -0.15) is 0 Å². The number of nitrogens with one attached hydrogen (secondary N) is 1. The van der Waals surface area contributed by atoms with Crippen molar-refractivity contribution < 1.29 is 9.90 Å². The zero-order chi connectivity index (χ0) is 14.0. The minimum Gasteiger partial charge on any atom is -0.507 e. The van der Waals surface area contributed by atoms with Crippen LogP contribution in [0.15, 0.2) is 40.9 Å². The highest BCUT2D eigenvalue weighted by Crippen LogP contribution is 2.25. The summed E-state index contributed by atoms with van der Waals surface area (Å²) in [5, 5.41) is 12.6. The third-order valence-corrected chi connectivity index (χ3v) is 3.41. The van der Waals surface area contributed by atoms with E-state index in [2.05, 4.69) is 21.2 Å². The second-order valence-corrected chi connectivity index (χ2v) is 5.14. The molecule has 0 spiro atoms. The van der Waals surface area contributed by atoms with Crippen molar-refractivity contribution in [3.8, 4) is 5.75 Å². The van der Waals surface area contributed by atoms with Crippen LogP contribution in [0.3, 0.4) is 0 Å². The van der Waals surface area contributed by atoms with Gasteiger partial charge in [0.25, 0.3) is 5.91 Å². The van der Waals surface area contributed by atoms with Gasteiger partial charge in [-0.1, -0.05) is 11.6 Å². The Morgan fingerprint density at radius 3 is 2.68 bits per heavy atom. The molecule has 0 bridgehead atoms. The minimum absolute atomic E-state index is 0.106. The van der Waals surface area contributed by atoms with E-state index >= 15 is 0 Å². The van der Waals surface area contributed by atoms with E-state index in [4.69, 9.17) is 17.3 Å². The lowest BCUT2D eigenvalue weighted by atomic mass is 10.2. The number of hydrogen-bond donors (Lipinski definition) is 3. The Morgan fingerprint density at radius 2 is 2.00 bits per heavy atom. The fourth-order valence-corrected chi connectivity index (χ4v) is 1.93. The van der Waals surface area contributed by atoms with Gasteiger partial charge in [0, 0.05) is 20.9 Å². The van der Waals surface area contributed by atoms with E-state index in [1.807, 2.05) is 0 Å². The maximum atomic E-state index is 12.0. The predicted molar refractivity (Wildman–Crippen MR) is 79.6 cm³/mol. The second kappa shape index (κ2) is 5.50. The molecule has 2 aromatic carbocycles. The average molecular weight is 342 g/mol. The number of nitrogens with two attached hydrogens (primary N) is 1. The van der Waals surface area contributed by atoms with Crippen molar-refractivity contribution in [3.05, 3.63) is 51.5 Å². The molecule has 1 amide bonds. The highest BCUT2D eigenvalue weighted by Gasteiger charge is 2.12. The molecule has 0 unspecified atom stereocenters. The monoisotopic (exact) mass is 340 g/mol. The Hall–Kier alpha value is -1.72. The summed E-state index contributed by atoms with van der Waals surface area (Å²) in [6.07, 6.45) is 0. The van der Waals surface area contributed by atoms with Gasteiger partial charge in [-0.15, -0.1) is 0 Å². The van der Waals surface area contributed by atoms with Crippen LogP contribution < -0.4 is 11.1 Å². The normalized spacial score (nSPS) is 10.2. The van der Waals surface area contributed by atoms with Gasteiger partial charge < -0.3 is 16.2 Å². The Morgan fingerprint density at radius 1 is 1.26 bits per heavy atom. The van der Waals surface area contributed by atoms with Crippen molar-refractivity contribution in [1.82, 2.24) is 0 Å². The molecule has 2 aromatic rings. The van der Waals surface area contributed by atoms with E-state index < -0.39 is 5.91 Å². The molecule has 0 aliphatic rings. The van der Waals surface area contributed by atoms with Crippen molar-refractivity contribution in [2.45, 2.75) is 0 Å². The van der Waals surface area contributed by atoms with Crippen LogP contribution in [0.1, 0.15) is 10.4 Å². The van der Waals surface area contributed by atoms with Crippen LogP contribution in [0.5, 0.6) is 5.75 Å². The van der Waals surface area contributed by atoms with E-state index in [1.165, 1.54) is 18.2 Å². The summed E-state index contributed by atoms with van der Waals surface area (Å²) >= 11 is 9.06. The first kappa shape index (κ1) is 13.7. The van der Waals surface area contributed by atoms with Crippen LogP contribution in [0.4, 0.5) is 11.4 Å². The van der Waals surface area contributed by atoms with Crippen LogP contribution in [0.25, 0.3) is 0 Å². The molecule has 6 heteroatoms. The zero-order valence-corrected chi connectivity index (χ0v) is 12.0. The number of nitrogen functional groups attached to an aromatic ring is 1. The first-order valence-electron chi connectivity index (χ1n) is 5.32. The quantitative estimate of drug-likeness (QED) is 0.730. The molecule has 0 atom stereocenters. The van der Waals surface area contributed by atoms with Gasteiger partial charge in [0.2, 0.25) is 0 Å². The maximum absolute atomic E-state index is 12.0. The fraction of sp³-hybridized carbons (Fsp3) is 0. The van der Waals surface area contributed by atoms with E-state index in [-0.39, 0.29) is 11.3 Å². The van der Waals surface area contributed by atoms with E-state index in [0.29, 0.717) is 16.4 Å². The van der Waals surface area contributed by atoms with Gasteiger partial charge >= 0.3 is 0 Å². The minimum atomic E-state index is -0.457. The van der Waals surface area contributed by atoms with E-state index in [0.717, 1.165) is 4.47 Å². The molecule has 4 N–H and O–H groups in total. The van der Waals surface area contributed by atoms with Crippen LogP contribution in [0, 0.1) is 0 Å². The Labute approximate surface area is 123 Å². The molecular weight excluding hydrogens is 332 g/mol. The molecule has 0 radical (unpaired) electrons. The maximum Gasteiger partial charge on any atom is 0.259 e. The molecule has 4 nitrogen and oxygen atoms in total. The molecule has 0 saturated heterocycles. The number of halogens is 2. The number of hydrogen-bond acceptors (Lipinski definition) is 3. The number of phenolic OH excluding ortho intramolecular Hbond substituents is 1. The number of rotatable bonds is 2. The summed E-state index contributed by atoms with van der Waals surface area (Å²) in [5.41, 5.74) is 6.87. The molecule has 0 saturated carbocycles.